The van der Waals surface area contributed by atoms with Crippen LogP contribution >= 0.6 is 0 Å². The lowest BCUT2D eigenvalue weighted by molar-refractivity contribution is -0.381. The van der Waals surface area contributed by atoms with Crippen LogP contribution in [0.4, 0.5) is 0 Å². The number of nitrogens with zero attached hydrogens (tertiary/aromatic N) is 3. The van der Waals surface area contributed by atoms with Gasteiger partial charge in [-0.2, -0.15) is 0 Å². The maximum Gasteiger partial charge on any atom is 0.338 e. The monoisotopic (exact) mass is 1370 g/mol. The van der Waals surface area contributed by atoms with Gasteiger partial charge >= 0.3 is 35.8 Å². The maximum absolute atomic E-state index is 14.7. The number of carbonyl (C=O) groups is 6. The molecule has 23 heteroatoms. The summed E-state index contributed by atoms with van der Waals surface area (Å²) in [5.74, 6) is -5.32. The summed E-state index contributed by atoms with van der Waals surface area (Å²) in [6.45, 7) is -2.10. The highest BCUT2D eigenvalue weighted by Gasteiger charge is 2.57. The Labute approximate surface area is 580 Å². The van der Waals surface area contributed by atoms with Gasteiger partial charge < -0.3 is 66.3 Å². The van der Waals surface area contributed by atoms with E-state index in [4.69, 9.17) is 66.3 Å². The molecule has 3 heterocycles. The van der Waals surface area contributed by atoms with Crippen molar-refractivity contribution in [2.24, 2.45) is 5.11 Å². The molecule has 3 fully saturated rings. The quantitative estimate of drug-likeness (QED) is 0.0115. The van der Waals surface area contributed by atoms with E-state index in [9.17, 15) is 34.3 Å². The summed E-state index contributed by atoms with van der Waals surface area (Å²) < 4.78 is 92.9. The van der Waals surface area contributed by atoms with Crippen LogP contribution in [0, 0.1) is 0 Å². The van der Waals surface area contributed by atoms with Crippen LogP contribution in [-0.2, 0) is 79.5 Å². The van der Waals surface area contributed by atoms with Crippen LogP contribution < -0.4 is 0 Å². The Morgan fingerprint density at radius 1 is 0.376 bits per heavy atom. The number of carbonyl (C=O) groups excluding carboxylic acids is 6. The van der Waals surface area contributed by atoms with Gasteiger partial charge in [-0.05, 0) is 106 Å². The third-order valence-electron chi connectivity index (χ3n) is 16.7. The van der Waals surface area contributed by atoms with Crippen LogP contribution in [0.3, 0.4) is 0 Å². The molecule has 0 saturated carbocycles. The minimum atomic E-state index is -1.83. The zero-order chi connectivity index (χ0) is 69.7. The molecule has 9 aromatic rings. The van der Waals surface area contributed by atoms with Crippen molar-refractivity contribution in [1.82, 2.24) is 0 Å². The summed E-state index contributed by atoms with van der Waals surface area (Å²) in [4.78, 5) is 89.6. The highest BCUT2D eigenvalue weighted by molar-refractivity contribution is 5.93. The predicted octanol–water partition coefficient (Wildman–Crippen LogP) is 11.8. The molecular weight excluding hydrogens is 1300 g/mol. The number of rotatable bonds is 27. The number of hydrogen-bond donors (Lipinski definition) is 0. The molecule has 0 N–H and O–H groups in total. The molecule has 3 aliphatic rings. The Kier molecular flexibility index (Phi) is 24.0. The Hall–Kier alpha value is -11.0. The molecule has 9 aromatic carbocycles. The Morgan fingerprint density at radius 3 is 1.20 bits per heavy atom. The lowest BCUT2D eigenvalue weighted by Crippen LogP contribution is -2.67. The summed E-state index contributed by atoms with van der Waals surface area (Å²) in [6, 6.07) is 70.6. The number of benzene rings is 9. The van der Waals surface area contributed by atoms with Gasteiger partial charge in [-0.3, -0.25) is 0 Å². The molecule has 3 aliphatic heterocycles. The Balaban J connectivity index is 0.990. The second kappa shape index (κ2) is 34.7. The van der Waals surface area contributed by atoms with Crippen LogP contribution in [0.1, 0.15) is 73.3 Å². The fourth-order valence-corrected chi connectivity index (χ4v) is 11.7. The summed E-state index contributed by atoms with van der Waals surface area (Å²) in [6.07, 6.45) is -21.3. The van der Waals surface area contributed by atoms with E-state index in [2.05, 4.69) is 10.0 Å². The highest BCUT2D eigenvalue weighted by Crippen LogP contribution is 2.38. The zero-order valence-electron chi connectivity index (χ0n) is 54.2. The van der Waals surface area contributed by atoms with E-state index in [1.54, 1.807) is 109 Å². The van der Waals surface area contributed by atoms with Gasteiger partial charge in [0.25, 0.3) is 0 Å². The van der Waals surface area contributed by atoms with E-state index in [0.29, 0.717) is 5.56 Å². The van der Waals surface area contributed by atoms with Gasteiger partial charge in [0.15, 0.2) is 55.5 Å². The molecule has 0 spiro atoms. The topological polar surface area (TPSA) is 280 Å². The first-order valence-corrected chi connectivity index (χ1v) is 32.6. The van der Waals surface area contributed by atoms with Gasteiger partial charge in [0, 0.05) is 11.5 Å². The second-order valence-electron chi connectivity index (χ2n) is 23.5. The highest BCUT2D eigenvalue weighted by atomic mass is 16.8. The van der Waals surface area contributed by atoms with E-state index < -0.39 is 129 Å². The second-order valence-corrected chi connectivity index (χ2v) is 23.5. The Morgan fingerprint density at radius 2 is 0.762 bits per heavy atom. The normalized spacial score (nSPS) is 23.2. The van der Waals surface area contributed by atoms with E-state index in [1.165, 1.54) is 72.8 Å². The van der Waals surface area contributed by atoms with Crippen LogP contribution in [0.5, 0.6) is 0 Å². The Bertz CT molecular complexity index is 4260. The lowest BCUT2D eigenvalue weighted by Gasteiger charge is -2.49. The first kappa shape index (κ1) is 69.9. The molecule has 12 rings (SSSR count). The fourth-order valence-electron chi connectivity index (χ4n) is 11.7. The molecule has 13 atom stereocenters. The van der Waals surface area contributed by atoms with E-state index in [1.807, 2.05) is 72.8 Å². The average molecular weight is 1370 g/mol. The van der Waals surface area contributed by atoms with Gasteiger partial charge in [0.1, 0.15) is 24.4 Å². The SMILES string of the molecule is [N-]=[N+]=NCCO[C@H]1O[C@H](COCc2ccccc2)[C@@H](O[C@@H]2OC[C@@H](OC(=O)c3ccccc3)[C@H](OC(=O)c3ccccc3)[C@H]2OC(=O)c2ccccc2)[C@H](OCc2ccc3ccccc3c2)[C@@H]1O[C@@H]1OC[C@@H](OC(=O)c2ccccc2)[C@H](OC(=O)c2ccccc2)[C@H]1OC(=O)c1ccccc1. The molecular formula is C78H69N3O20. The molecule has 0 radical (unpaired) electrons. The summed E-state index contributed by atoms with van der Waals surface area (Å²) in [7, 11) is 0. The summed E-state index contributed by atoms with van der Waals surface area (Å²) >= 11 is 0. The van der Waals surface area contributed by atoms with Crippen molar-refractivity contribution in [2.75, 3.05) is 33.0 Å². The van der Waals surface area contributed by atoms with Crippen molar-refractivity contribution < 1.29 is 95.1 Å². The van der Waals surface area contributed by atoms with E-state index in [0.717, 1.165) is 16.3 Å². The van der Waals surface area contributed by atoms with Crippen molar-refractivity contribution >= 4 is 46.6 Å². The molecule has 3 saturated heterocycles. The van der Waals surface area contributed by atoms with Gasteiger partial charge in [-0.15, -0.1) is 0 Å². The third kappa shape index (κ3) is 18.3. The fraction of sp³-hybridized carbons (Fsp3) is 0.256. The molecule has 516 valence electrons. The number of azide groups is 1. The van der Waals surface area contributed by atoms with Crippen LogP contribution in [0.25, 0.3) is 21.2 Å². The number of ether oxygens (including phenoxy) is 14. The van der Waals surface area contributed by atoms with Crippen molar-refractivity contribution in [2.45, 2.75) is 93.1 Å². The lowest BCUT2D eigenvalue weighted by atomic mass is 9.96. The summed E-state index contributed by atoms with van der Waals surface area (Å²) in [5, 5.41) is 5.51. The largest absolute Gasteiger partial charge is 0.452 e. The predicted molar refractivity (Wildman–Crippen MR) is 360 cm³/mol. The molecule has 23 nitrogen and oxygen atoms in total. The smallest absolute Gasteiger partial charge is 0.338 e. The number of fused-ring (bicyclic) bond motifs is 1. The first-order chi connectivity index (χ1) is 49.5. The standard InChI is InChI=1S/C78H69N3O20/c79-81-80-42-43-89-76-69(101-78-68(99-75(87)58-37-20-7-21-38-58)65(97-73(85)56-33-16-5-17-34-56)62(49-92-78)94-71(83)54-29-12-3-13-30-54)66(90-46-51-40-41-52-26-22-23-39-59(52)44-51)63(60(95-76)47-88-45-50-24-8-1-9-25-50)100-77-67(98-74(86)57-35-18-6-19-36-57)64(96-72(84)55-31-14-4-15-32-55)61(48-91-77)93-70(82)53-27-10-2-11-28-53/h1-41,44,60-69,76-78H,42-43,45-49H2/t60-,61-,62-,63-,64+,65+,66+,67-,68-,69+,76+,77+,78+/m1/s1. The summed E-state index contributed by atoms with van der Waals surface area (Å²) in [5.41, 5.74) is 11.5. The average Bonchev–Trinajstić information content (AvgIpc) is 0.767. The van der Waals surface area contributed by atoms with Gasteiger partial charge in [0.05, 0.1) is 73.0 Å². The van der Waals surface area contributed by atoms with Gasteiger partial charge in [0.2, 0.25) is 0 Å². The third-order valence-corrected chi connectivity index (χ3v) is 16.7. The zero-order valence-corrected chi connectivity index (χ0v) is 54.2. The van der Waals surface area contributed by atoms with Crippen molar-refractivity contribution in [3.63, 3.8) is 0 Å². The maximum atomic E-state index is 14.7. The molecule has 0 bridgehead atoms. The van der Waals surface area contributed by atoms with Crippen molar-refractivity contribution in [1.29, 1.82) is 0 Å². The number of esters is 6. The minimum Gasteiger partial charge on any atom is -0.452 e. The number of hydrogen-bond acceptors (Lipinski definition) is 21. The molecule has 0 amide bonds. The van der Waals surface area contributed by atoms with Crippen molar-refractivity contribution in [3.8, 4) is 0 Å². The van der Waals surface area contributed by atoms with Crippen LogP contribution in [0.2, 0.25) is 0 Å². The first-order valence-electron chi connectivity index (χ1n) is 32.6. The molecule has 0 unspecified atom stereocenters. The van der Waals surface area contributed by atoms with Gasteiger partial charge in [-0.1, -0.05) is 181 Å². The van der Waals surface area contributed by atoms with E-state index in [-0.39, 0.29) is 66.4 Å². The van der Waals surface area contributed by atoms with E-state index >= 15 is 0 Å². The minimum absolute atomic E-state index is 0.0328. The molecule has 0 aliphatic carbocycles. The van der Waals surface area contributed by atoms with Crippen LogP contribution in [0.15, 0.2) is 260 Å². The van der Waals surface area contributed by atoms with Crippen LogP contribution in [-0.4, -0.2) is 149 Å². The molecule has 101 heavy (non-hydrogen) atoms. The van der Waals surface area contributed by atoms with Gasteiger partial charge in [-0.25, -0.2) is 28.8 Å². The molecule has 0 aromatic heterocycles. The van der Waals surface area contributed by atoms with Crippen molar-refractivity contribution in [3.05, 3.63) is 310 Å².